The maximum Gasteiger partial charge on any atom is 0.0747 e. The Morgan fingerprint density at radius 2 is 1.90 bits per heavy atom. The predicted octanol–water partition coefficient (Wildman–Crippen LogP) is 4.03. The summed E-state index contributed by atoms with van der Waals surface area (Å²) in [5, 5.41) is 4.67. The first-order valence-corrected chi connectivity index (χ1v) is 7.02. The van der Waals surface area contributed by atoms with E-state index in [4.69, 9.17) is 4.74 Å². The van der Waals surface area contributed by atoms with Gasteiger partial charge in [-0.05, 0) is 29.8 Å². The molecular weight excluding hydrogens is 260 g/mol. The zero-order chi connectivity index (χ0) is 14.5. The number of rotatable bonds is 5. The maximum absolute atomic E-state index is 5.34. The number of nitrogens with one attached hydrogen (secondary N) is 1. The van der Waals surface area contributed by atoms with Crippen LogP contribution in [0.5, 0.6) is 0 Å². The molecule has 0 saturated heterocycles. The van der Waals surface area contributed by atoms with Gasteiger partial charge in [0, 0.05) is 24.4 Å². The van der Waals surface area contributed by atoms with Crippen molar-refractivity contribution in [3.05, 3.63) is 72.4 Å². The highest BCUT2D eigenvalue weighted by molar-refractivity contribution is 5.82. The lowest BCUT2D eigenvalue weighted by Crippen LogP contribution is -2.16. The zero-order valence-corrected chi connectivity index (χ0v) is 12.0. The van der Waals surface area contributed by atoms with E-state index in [1.165, 1.54) is 5.56 Å². The molecule has 1 N–H and O–H groups in total. The van der Waals surface area contributed by atoms with Gasteiger partial charge in [0.15, 0.2) is 0 Å². The Balaban J connectivity index is 1.87. The second-order valence-electron chi connectivity index (χ2n) is 4.97. The predicted molar refractivity (Wildman–Crippen MR) is 86.4 cm³/mol. The number of anilines is 1. The van der Waals surface area contributed by atoms with Crippen LogP contribution in [0, 0.1) is 0 Å². The Hall–Kier alpha value is -2.39. The van der Waals surface area contributed by atoms with Gasteiger partial charge in [-0.3, -0.25) is 4.98 Å². The van der Waals surface area contributed by atoms with Crippen LogP contribution in [0.3, 0.4) is 0 Å². The van der Waals surface area contributed by atoms with Crippen LogP contribution in [-0.2, 0) is 4.74 Å². The van der Waals surface area contributed by atoms with Gasteiger partial charge in [-0.15, -0.1) is 0 Å². The molecule has 2 aromatic carbocycles. The highest BCUT2D eigenvalue weighted by atomic mass is 16.5. The maximum atomic E-state index is 5.34. The summed E-state index contributed by atoms with van der Waals surface area (Å²) in [4.78, 5) is 4.34. The van der Waals surface area contributed by atoms with Crippen molar-refractivity contribution >= 4 is 16.6 Å². The number of nitrogens with zero attached hydrogens (tertiary/aromatic N) is 1. The second kappa shape index (κ2) is 6.37. The summed E-state index contributed by atoms with van der Waals surface area (Å²) in [5.74, 6) is 0. The minimum atomic E-state index is 0.130. The molecule has 0 bridgehead atoms. The van der Waals surface area contributed by atoms with Crippen molar-refractivity contribution in [1.29, 1.82) is 0 Å². The SMILES string of the molecule is COCC(Nc1ccc2ncccc2c1)c1ccccc1. The van der Waals surface area contributed by atoms with Crippen LogP contribution in [-0.4, -0.2) is 18.7 Å². The van der Waals surface area contributed by atoms with Crippen LogP contribution in [0.4, 0.5) is 5.69 Å². The summed E-state index contributed by atoms with van der Waals surface area (Å²) in [5.41, 5.74) is 3.29. The van der Waals surface area contributed by atoms with E-state index >= 15 is 0 Å². The number of benzene rings is 2. The molecular formula is C18H18N2O. The lowest BCUT2D eigenvalue weighted by atomic mass is 10.1. The first kappa shape index (κ1) is 13.6. The largest absolute Gasteiger partial charge is 0.382 e. The van der Waals surface area contributed by atoms with Crippen LogP contribution < -0.4 is 5.32 Å². The van der Waals surface area contributed by atoms with Crippen molar-refractivity contribution in [2.45, 2.75) is 6.04 Å². The molecule has 0 fully saturated rings. The van der Waals surface area contributed by atoms with Crippen LogP contribution in [0.15, 0.2) is 66.9 Å². The zero-order valence-electron chi connectivity index (χ0n) is 12.0. The summed E-state index contributed by atoms with van der Waals surface area (Å²) in [7, 11) is 1.72. The third kappa shape index (κ3) is 3.20. The lowest BCUT2D eigenvalue weighted by Gasteiger charge is -2.20. The van der Waals surface area contributed by atoms with E-state index in [0.29, 0.717) is 6.61 Å². The Morgan fingerprint density at radius 1 is 1.05 bits per heavy atom. The molecule has 0 aliphatic rings. The summed E-state index contributed by atoms with van der Waals surface area (Å²) in [6.45, 7) is 0.620. The van der Waals surface area contributed by atoms with Gasteiger partial charge < -0.3 is 10.1 Å². The van der Waals surface area contributed by atoms with Gasteiger partial charge in [0.1, 0.15) is 0 Å². The number of hydrogen-bond acceptors (Lipinski definition) is 3. The number of ether oxygens (including phenoxy) is 1. The van der Waals surface area contributed by atoms with E-state index in [9.17, 15) is 0 Å². The molecule has 3 nitrogen and oxygen atoms in total. The van der Waals surface area contributed by atoms with E-state index in [1.807, 2.05) is 36.5 Å². The van der Waals surface area contributed by atoms with Gasteiger partial charge in [-0.2, -0.15) is 0 Å². The third-order valence-corrected chi connectivity index (χ3v) is 3.48. The molecule has 3 aromatic rings. The Kier molecular flexibility index (Phi) is 4.12. The molecule has 106 valence electrons. The van der Waals surface area contributed by atoms with Gasteiger partial charge >= 0.3 is 0 Å². The number of hydrogen-bond donors (Lipinski definition) is 1. The molecule has 3 heteroatoms. The quantitative estimate of drug-likeness (QED) is 0.765. The first-order valence-electron chi connectivity index (χ1n) is 7.02. The van der Waals surface area contributed by atoms with Crippen molar-refractivity contribution in [2.24, 2.45) is 0 Å². The standard InChI is InChI=1S/C18H18N2O/c1-21-13-18(14-6-3-2-4-7-14)20-16-9-10-17-15(12-16)8-5-11-19-17/h2-12,18,20H,13H2,1H3. The summed E-state index contributed by atoms with van der Waals surface area (Å²) < 4.78 is 5.34. The van der Waals surface area contributed by atoms with Gasteiger partial charge in [0.2, 0.25) is 0 Å². The minimum absolute atomic E-state index is 0.130. The lowest BCUT2D eigenvalue weighted by molar-refractivity contribution is 0.186. The van der Waals surface area contributed by atoms with Gasteiger partial charge in [0.25, 0.3) is 0 Å². The average molecular weight is 278 g/mol. The second-order valence-corrected chi connectivity index (χ2v) is 4.97. The Labute approximate surface area is 124 Å². The van der Waals surface area contributed by atoms with Crippen LogP contribution in [0.25, 0.3) is 10.9 Å². The molecule has 3 rings (SSSR count). The van der Waals surface area contributed by atoms with Gasteiger partial charge in [-0.25, -0.2) is 0 Å². The Bertz CT molecular complexity index is 712. The van der Waals surface area contributed by atoms with Crippen molar-refractivity contribution in [3.8, 4) is 0 Å². The van der Waals surface area contributed by atoms with E-state index in [2.05, 4.69) is 40.6 Å². The molecule has 0 saturated carbocycles. The molecule has 1 heterocycles. The van der Waals surface area contributed by atoms with Crippen molar-refractivity contribution in [2.75, 3.05) is 19.0 Å². The summed E-state index contributed by atoms with van der Waals surface area (Å²) in [6, 6.07) is 20.7. The smallest absolute Gasteiger partial charge is 0.0747 e. The van der Waals surface area contributed by atoms with E-state index < -0.39 is 0 Å². The monoisotopic (exact) mass is 278 g/mol. The van der Waals surface area contributed by atoms with Gasteiger partial charge in [-0.1, -0.05) is 36.4 Å². The normalized spacial score (nSPS) is 12.2. The van der Waals surface area contributed by atoms with E-state index in [0.717, 1.165) is 16.6 Å². The van der Waals surface area contributed by atoms with Crippen LogP contribution in [0.1, 0.15) is 11.6 Å². The molecule has 0 aliphatic carbocycles. The highest BCUT2D eigenvalue weighted by Gasteiger charge is 2.11. The molecule has 1 atom stereocenters. The van der Waals surface area contributed by atoms with E-state index in [1.54, 1.807) is 7.11 Å². The summed E-state index contributed by atoms with van der Waals surface area (Å²) in [6.07, 6.45) is 1.81. The molecule has 1 aromatic heterocycles. The topological polar surface area (TPSA) is 34.1 Å². The fourth-order valence-electron chi connectivity index (χ4n) is 2.44. The number of methoxy groups -OCH3 is 1. The van der Waals surface area contributed by atoms with Crippen molar-refractivity contribution < 1.29 is 4.74 Å². The number of pyridine rings is 1. The average Bonchev–Trinajstić information content (AvgIpc) is 2.55. The fourth-order valence-corrected chi connectivity index (χ4v) is 2.44. The summed E-state index contributed by atoms with van der Waals surface area (Å²) >= 11 is 0. The Morgan fingerprint density at radius 3 is 2.71 bits per heavy atom. The molecule has 21 heavy (non-hydrogen) atoms. The molecule has 0 amide bonds. The number of aromatic nitrogens is 1. The van der Waals surface area contributed by atoms with Crippen molar-refractivity contribution in [3.63, 3.8) is 0 Å². The van der Waals surface area contributed by atoms with Gasteiger partial charge in [0.05, 0.1) is 18.2 Å². The molecule has 0 aliphatic heterocycles. The van der Waals surface area contributed by atoms with Crippen LogP contribution in [0.2, 0.25) is 0 Å². The number of fused-ring (bicyclic) bond motifs is 1. The molecule has 0 spiro atoms. The third-order valence-electron chi connectivity index (χ3n) is 3.48. The molecule has 0 radical (unpaired) electrons. The van der Waals surface area contributed by atoms with Crippen LogP contribution >= 0.6 is 0 Å². The highest BCUT2D eigenvalue weighted by Crippen LogP contribution is 2.23. The fraction of sp³-hybridized carbons (Fsp3) is 0.167. The first-order chi connectivity index (χ1) is 10.4. The van der Waals surface area contributed by atoms with E-state index in [-0.39, 0.29) is 6.04 Å². The van der Waals surface area contributed by atoms with Crippen molar-refractivity contribution in [1.82, 2.24) is 4.98 Å². The minimum Gasteiger partial charge on any atom is -0.382 e. The molecule has 1 unspecified atom stereocenters.